The lowest BCUT2D eigenvalue weighted by atomic mass is 9.99. The predicted octanol–water partition coefficient (Wildman–Crippen LogP) is 3.15. The number of aliphatic hydroxyl groups is 1. The van der Waals surface area contributed by atoms with Gasteiger partial charge in [-0.05, 0) is 60.0 Å². The Morgan fingerprint density at radius 2 is 2.09 bits per heavy atom. The van der Waals surface area contributed by atoms with Crippen LogP contribution in [0.1, 0.15) is 18.1 Å². The minimum absolute atomic E-state index is 0.143. The number of nitrogens with one attached hydrogen (secondary N) is 2. The van der Waals surface area contributed by atoms with Crippen LogP contribution in [0.3, 0.4) is 0 Å². The summed E-state index contributed by atoms with van der Waals surface area (Å²) in [5.41, 5.74) is 2.63. The number of thiophene rings is 1. The lowest BCUT2D eigenvalue weighted by Crippen LogP contribution is -2.40. The van der Waals surface area contributed by atoms with Crippen molar-refractivity contribution in [3.05, 3.63) is 46.2 Å². The summed E-state index contributed by atoms with van der Waals surface area (Å²) in [5, 5.41) is 19.7. The maximum absolute atomic E-state index is 12.0. The molecule has 1 aromatic carbocycles. The maximum Gasteiger partial charge on any atom is 0.319 e. The fraction of sp³-hybridized carbons (Fsp3) is 0.353. The van der Waals surface area contributed by atoms with Crippen LogP contribution in [-0.2, 0) is 5.60 Å². The topological polar surface area (TPSA) is 64.6 Å². The zero-order valence-electron chi connectivity index (χ0n) is 13.9. The highest BCUT2D eigenvalue weighted by Crippen LogP contribution is 2.23. The van der Waals surface area contributed by atoms with Gasteiger partial charge in [-0.2, -0.15) is 11.3 Å². The number of carbonyl (C=O) groups excluding carboxylic acids is 1. The van der Waals surface area contributed by atoms with Gasteiger partial charge >= 0.3 is 6.03 Å². The molecule has 23 heavy (non-hydrogen) atoms. The maximum atomic E-state index is 12.0. The van der Waals surface area contributed by atoms with E-state index < -0.39 is 5.60 Å². The van der Waals surface area contributed by atoms with E-state index in [2.05, 4.69) is 10.6 Å². The molecule has 124 valence electrons. The molecule has 0 aliphatic heterocycles. The van der Waals surface area contributed by atoms with E-state index in [0.29, 0.717) is 0 Å². The summed E-state index contributed by atoms with van der Waals surface area (Å²) in [6.07, 6.45) is 0. The summed E-state index contributed by atoms with van der Waals surface area (Å²) >= 11 is 1.52. The Morgan fingerprint density at radius 1 is 1.35 bits per heavy atom. The molecule has 3 N–H and O–H groups in total. The lowest BCUT2D eigenvalue weighted by Gasteiger charge is -2.23. The van der Waals surface area contributed by atoms with Gasteiger partial charge in [-0.3, -0.25) is 0 Å². The third-order valence-corrected chi connectivity index (χ3v) is 4.36. The summed E-state index contributed by atoms with van der Waals surface area (Å²) in [6, 6.07) is 7.27. The number of hydrogen-bond acceptors (Lipinski definition) is 4. The van der Waals surface area contributed by atoms with Gasteiger partial charge in [0.05, 0.1) is 6.54 Å². The van der Waals surface area contributed by atoms with Crippen molar-refractivity contribution in [1.29, 1.82) is 0 Å². The minimum atomic E-state index is -1.08. The van der Waals surface area contributed by atoms with Gasteiger partial charge in [-0.1, -0.05) is 0 Å². The molecule has 2 amide bonds. The Kier molecular flexibility index (Phi) is 5.28. The van der Waals surface area contributed by atoms with Crippen LogP contribution in [0, 0.1) is 6.92 Å². The second kappa shape index (κ2) is 7.02. The minimum Gasteiger partial charge on any atom is -0.384 e. The number of benzene rings is 1. The van der Waals surface area contributed by atoms with Crippen molar-refractivity contribution in [2.75, 3.05) is 30.9 Å². The monoisotopic (exact) mass is 333 g/mol. The van der Waals surface area contributed by atoms with Crippen LogP contribution in [0.2, 0.25) is 0 Å². The van der Waals surface area contributed by atoms with E-state index in [1.54, 1.807) is 6.92 Å². The molecule has 1 unspecified atom stereocenters. The lowest BCUT2D eigenvalue weighted by molar-refractivity contribution is 0.0604. The third-order valence-electron chi connectivity index (χ3n) is 3.67. The van der Waals surface area contributed by atoms with E-state index in [-0.39, 0.29) is 12.6 Å². The normalized spacial score (nSPS) is 13.3. The first-order chi connectivity index (χ1) is 10.8. The van der Waals surface area contributed by atoms with Crippen LogP contribution in [0.25, 0.3) is 0 Å². The van der Waals surface area contributed by atoms with Gasteiger partial charge in [0.15, 0.2) is 0 Å². The summed E-state index contributed by atoms with van der Waals surface area (Å²) in [7, 11) is 3.96. The number of anilines is 2. The van der Waals surface area contributed by atoms with Crippen LogP contribution in [0.15, 0.2) is 35.0 Å². The van der Waals surface area contributed by atoms with Crippen LogP contribution in [-0.4, -0.2) is 31.8 Å². The smallest absolute Gasteiger partial charge is 0.319 e. The summed E-state index contributed by atoms with van der Waals surface area (Å²) in [4.78, 5) is 14.0. The fourth-order valence-corrected chi connectivity index (χ4v) is 3.12. The molecule has 1 aromatic heterocycles. The number of carbonyl (C=O) groups is 1. The van der Waals surface area contributed by atoms with Crippen molar-refractivity contribution in [2.24, 2.45) is 0 Å². The molecule has 0 radical (unpaired) electrons. The molecule has 6 heteroatoms. The van der Waals surface area contributed by atoms with Gasteiger partial charge in [0.1, 0.15) is 5.60 Å². The van der Waals surface area contributed by atoms with Crippen molar-refractivity contribution >= 4 is 28.7 Å². The number of nitrogens with zero attached hydrogens (tertiary/aromatic N) is 1. The van der Waals surface area contributed by atoms with Gasteiger partial charge in [0.2, 0.25) is 0 Å². The first-order valence-corrected chi connectivity index (χ1v) is 8.32. The first kappa shape index (κ1) is 17.3. The van der Waals surface area contributed by atoms with Crippen molar-refractivity contribution in [3.63, 3.8) is 0 Å². The molecule has 2 aromatic rings. The van der Waals surface area contributed by atoms with Crippen LogP contribution < -0.4 is 15.5 Å². The van der Waals surface area contributed by atoms with E-state index in [0.717, 1.165) is 22.5 Å². The Hall–Kier alpha value is -2.05. The molecule has 1 atom stereocenters. The largest absolute Gasteiger partial charge is 0.384 e. The molecule has 1 heterocycles. The van der Waals surface area contributed by atoms with E-state index in [9.17, 15) is 9.90 Å². The van der Waals surface area contributed by atoms with Gasteiger partial charge in [0.25, 0.3) is 0 Å². The summed E-state index contributed by atoms with van der Waals surface area (Å²) < 4.78 is 0. The van der Waals surface area contributed by atoms with Crippen molar-refractivity contribution < 1.29 is 9.90 Å². The van der Waals surface area contributed by atoms with E-state index in [1.807, 2.05) is 60.9 Å². The standard InChI is InChI=1S/C17H23N3O2S/c1-12-9-14(5-6-15(12)20(3)4)19-16(21)18-11-17(2,22)13-7-8-23-10-13/h5-10,22H,11H2,1-4H3,(H2,18,19,21). The number of aryl methyl sites for hydroxylation is 1. The zero-order chi connectivity index (χ0) is 17.0. The average molecular weight is 333 g/mol. The van der Waals surface area contributed by atoms with Crippen LogP contribution in [0.5, 0.6) is 0 Å². The van der Waals surface area contributed by atoms with Crippen LogP contribution in [0.4, 0.5) is 16.2 Å². The van der Waals surface area contributed by atoms with Crippen molar-refractivity contribution in [3.8, 4) is 0 Å². The van der Waals surface area contributed by atoms with Gasteiger partial charge in [-0.15, -0.1) is 0 Å². The number of amides is 2. The highest BCUT2D eigenvalue weighted by Gasteiger charge is 2.24. The predicted molar refractivity (Wildman–Crippen MR) is 96.4 cm³/mol. The van der Waals surface area contributed by atoms with Crippen LogP contribution >= 0.6 is 11.3 Å². The summed E-state index contributed by atoms with van der Waals surface area (Å²) in [6.45, 7) is 3.83. The van der Waals surface area contributed by atoms with E-state index in [4.69, 9.17) is 0 Å². The molecule has 0 fully saturated rings. The van der Waals surface area contributed by atoms with Crippen molar-refractivity contribution in [2.45, 2.75) is 19.4 Å². The molecule has 0 aliphatic carbocycles. The Balaban J connectivity index is 1.94. The molecular formula is C17H23N3O2S. The Labute approximate surface area is 140 Å². The van der Waals surface area contributed by atoms with Gasteiger partial charge in [-0.25, -0.2) is 4.79 Å². The molecule has 0 saturated heterocycles. The van der Waals surface area contributed by atoms with E-state index in [1.165, 1.54) is 11.3 Å². The quantitative estimate of drug-likeness (QED) is 0.787. The first-order valence-electron chi connectivity index (χ1n) is 7.37. The zero-order valence-corrected chi connectivity index (χ0v) is 14.7. The summed E-state index contributed by atoms with van der Waals surface area (Å²) in [5.74, 6) is 0. The number of rotatable bonds is 5. The van der Waals surface area contributed by atoms with E-state index >= 15 is 0 Å². The fourth-order valence-electron chi connectivity index (χ4n) is 2.34. The SMILES string of the molecule is Cc1cc(NC(=O)NCC(C)(O)c2ccsc2)ccc1N(C)C. The highest BCUT2D eigenvalue weighted by molar-refractivity contribution is 7.08. The molecule has 2 rings (SSSR count). The van der Waals surface area contributed by atoms with Gasteiger partial charge in [0, 0.05) is 25.5 Å². The third kappa shape index (κ3) is 4.46. The average Bonchev–Trinajstić information content (AvgIpc) is 3.00. The van der Waals surface area contributed by atoms with Gasteiger partial charge < -0.3 is 20.6 Å². The number of urea groups is 1. The molecule has 0 bridgehead atoms. The molecule has 0 saturated carbocycles. The van der Waals surface area contributed by atoms with Crippen molar-refractivity contribution in [1.82, 2.24) is 5.32 Å². The Bertz CT molecular complexity index is 666. The second-order valence-electron chi connectivity index (χ2n) is 5.99. The second-order valence-corrected chi connectivity index (χ2v) is 6.77. The molecule has 0 aliphatic rings. The highest BCUT2D eigenvalue weighted by atomic mass is 32.1. The molecule has 0 spiro atoms. The molecular weight excluding hydrogens is 310 g/mol. The number of hydrogen-bond donors (Lipinski definition) is 3. The molecule has 5 nitrogen and oxygen atoms in total. The Morgan fingerprint density at radius 3 is 2.65 bits per heavy atom.